The van der Waals surface area contributed by atoms with E-state index in [1.807, 2.05) is 61.5 Å². The smallest absolute Gasteiger partial charge is 0.231 e. The van der Waals surface area contributed by atoms with Gasteiger partial charge in [0.05, 0.1) is 18.3 Å². The summed E-state index contributed by atoms with van der Waals surface area (Å²) in [5.74, 6) is 2.05. The number of nitrogens with zero attached hydrogens (tertiary/aromatic N) is 1. The van der Waals surface area contributed by atoms with Crippen LogP contribution in [0.4, 0.5) is 17.2 Å². The van der Waals surface area contributed by atoms with Crippen molar-refractivity contribution in [1.29, 1.82) is 0 Å². The van der Waals surface area contributed by atoms with Crippen LogP contribution in [0.5, 0.6) is 11.5 Å². The van der Waals surface area contributed by atoms with Crippen LogP contribution >= 0.6 is 0 Å². The standard InChI is InChI=1S/C21H19N3O3/c1-14-3-2-4-15(9-14)10-21(25)24-17-6-8-20(22-12-17)23-16-5-7-18-19(11-16)27-13-26-18/h2-9,11-12H,10,13H2,1H3,(H,22,23)(H,24,25). The van der Waals surface area contributed by atoms with Gasteiger partial charge in [-0.25, -0.2) is 4.98 Å². The van der Waals surface area contributed by atoms with Crippen molar-refractivity contribution in [3.05, 3.63) is 71.9 Å². The molecule has 27 heavy (non-hydrogen) atoms. The van der Waals surface area contributed by atoms with E-state index in [4.69, 9.17) is 9.47 Å². The lowest BCUT2D eigenvalue weighted by Gasteiger charge is -2.09. The fourth-order valence-electron chi connectivity index (χ4n) is 2.88. The Labute approximate surface area is 157 Å². The van der Waals surface area contributed by atoms with Gasteiger partial charge in [0.25, 0.3) is 0 Å². The quantitative estimate of drug-likeness (QED) is 0.717. The summed E-state index contributed by atoms with van der Waals surface area (Å²) in [6.45, 7) is 2.26. The first-order chi connectivity index (χ1) is 13.2. The SMILES string of the molecule is Cc1cccc(CC(=O)Nc2ccc(Nc3ccc4c(c3)OCO4)nc2)c1. The Morgan fingerprint density at radius 1 is 1.04 bits per heavy atom. The van der Waals surface area contributed by atoms with Crippen LogP contribution in [0, 0.1) is 6.92 Å². The van der Waals surface area contributed by atoms with Gasteiger partial charge in [-0.2, -0.15) is 0 Å². The molecule has 6 nitrogen and oxygen atoms in total. The molecule has 6 heteroatoms. The molecule has 2 aromatic carbocycles. The summed E-state index contributed by atoms with van der Waals surface area (Å²) < 4.78 is 10.7. The van der Waals surface area contributed by atoms with Crippen molar-refractivity contribution < 1.29 is 14.3 Å². The number of ether oxygens (including phenoxy) is 2. The molecule has 1 amide bonds. The van der Waals surface area contributed by atoms with E-state index in [0.717, 1.165) is 22.6 Å². The van der Waals surface area contributed by atoms with Gasteiger partial charge < -0.3 is 20.1 Å². The number of hydrogen-bond acceptors (Lipinski definition) is 5. The van der Waals surface area contributed by atoms with Gasteiger partial charge in [-0.15, -0.1) is 0 Å². The van der Waals surface area contributed by atoms with E-state index in [9.17, 15) is 4.79 Å². The summed E-state index contributed by atoms with van der Waals surface area (Å²) in [6, 6.07) is 17.2. The first-order valence-corrected chi connectivity index (χ1v) is 8.64. The first-order valence-electron chi connectivity index (χ1n) is 8.64. The highest BCUT2D eigenvalue weighted by atomic mass is 16.7. The van der Waals surface area contributed by atoms with Gasteiger partial charge in [-0.05, 0) is 36.8 Å². The highest BCUT2D eigenvalue weighted by Crippen LogP contribution is 2.34. The Morgan fingerprint density at radius 3 is 2.70 bits per heavy atom. The Morgan fingerprint density at radius 2 is 1.89 bits per heavy atom. The highest BCUT2D eigenvalue weighted by molar-refractivity contribution is 5.92. The number of carbonyl (C=O) groups is 1. The summed E-state index contributed by atoms with van der Waals surface area (Å²) >= 11 is 0. The van der Waals surface area contributed by atoms with Crippen LogP contribution in [0.2, 0.25) is 0 Å². The lowest BCUT2D eigenvalue weighted by atomic mass is 10.1. The minimum atomic E-state index is -0.0705. The Bertz CT molecular complexity index is 971. The summed E-state index contributed by atoms with van der Waals surface area (Å²) in [5.41, 5.74) is 3.63. The van der Waals surface area contributed by atoms with Crippen LogP contribution in [0.3, 0.4) is 0 Å². The van der Waals surface area contributed by atoms with Gasteiger partial charge in [-0.3, -0.25) is 4.79 Å². The third-order valence-corrected chi connectivity index (χ3v) is 4.14. The average molecular weight is 361 g/mol. The van der Waals surface area contributed by atoms with E-state index in [-0.39, 0.29) is 12.7 Å². The predicted molar refractivity (Wildman–Crippen MR) is 104 cm³/mol. The summed E-state index contributed by atoms with van der Waals surface area (Å²) in [7, 11) is 0. The van der Waals surface area contributed by atoms with Crippen molar-refractivity contribution in [3.63, 3.8) is 0 Å². The number of benzene rings is 2. The number of hydrogen-bond donors (Lipinski definition) is 2. The van der Waals surface area contributed by atoms with Crippen molar-refractivity contribution in [2.75, 3.05) is 17.4 Å². The van der Waals surface area contributed by atoms with Crippen LogP contribution in [0.15, 0.2) is 60.8 Å². The number of anilines is 3. The fraction of sp³-hybridized carbons (Fsp3) is 0.143. The van der Waals surface area contributed by atoms with Gasteiger partial charge >= 0.3 is 0 Å². The maximum Gasteiger partial charge on any atom is 0.231 e. The van der Waals surface area contributed by atoms with Crippen molar-refractivity contribution in [2.24, 2.45) is 0 Å². The van der Waals surface area contributed by atoms with Crippen LogP contribution in [-0.2, 0) is 11.2 Å². The predicted octanol–water partition coefficient (Wildman–Crippen LogP) is 4.04. The molecule has 0 aliphatic carbocycles. The number of aromatic nitrogens is 1. The molecular formula is C21H19N3O3. The second-order valence-electron chi connectivity index (χ2n) is 6.34. The van der Waals surface area contributed by atoms with E-state index < -0.39 is 0 Å². The number of carbonyl (C=O) groups excluding carboxylic acids is 1. The minimum absolute atomic E-state index is 0.0705. The van der Waals surface area contributed by atoms with Gasteiger partial charge in [0.1, 0.15) is 5.82 Å². The molecule has 136 valence electrons. The maximum atomic E-state index is 12.2. The number of fused-ring (bicyclic) bond motifs is 1. The molecule has 0 unspecified atom stereocenters. The van der Waals surface area contributed by atoms with E-state index >= 15 is 0 Å². The monoisotopic (exact) mass is 361 g/mol. The number of pyridine rings is 1. The van der Waals surface area contributed by atoms with Gasteiger partial charge in [0, 0.05) is 11.8 Å². The molecule has 0 radical (unpaired) electrons. The normalized spacial score (nSPS) is 11.9. The second-order valence-corrected chi connectivity index (χ2v) is 6.34. The molecule has 3 aromatic rings. The van der Waals surface area contributed by atoms with Crippen molar-refractivity contribution in [3.8, 4) is 11.5 Å². The van der Waals surface area contributed by atoms with Gasteiger partial charge in [0.15, 0.2) is 11.5 Å². The van der Waals surface area contributed by atoms with Crippen LogP contribution < -0.4 is 20.1 Å². The van der Waals surface area contributed by atoms with Crippen LogP contribution in [-0.4, -0.2) is 17.7 Å². The lowest BCUT2D eigenvalue weighted by molar-refractivity contribution is -0.115. The summed E-state index contributed by atoms with van der Waals surface area (Å²) in [4.78, 5) is 16.5. The molecule has 4 rings (SSSR count). The van der Waals surface area contributed by atoms with Crippen molar-refractivity contribution in [1.82, 2.24) is 4.98 Å². The molecule has 0 bridgehead atoms. The molecule has 0 atom stereocenters. The average Bonchev–Trinajstić information content (AvgIpc) is 3.11. The van der Waals surface area contributed by atoms with Crippen molar-refractivity contribution >= 4 is 23.1 Å². The molecule has 2 heterocycles. The second kappa shape index (κ2) is 7.37. The number of rotatable bonds is 5. The fourth-order valence-corrected chi connectivity index (χ4v) is 2.88. The van der Waals surface area contributed by atoms with Crippen LogP contribution in [0.25, 0.3) is 0 Å². The van der Waals surface area contributed by atoms with Crippen molar-refractivity contribution in [2.45, 2.75) is 13.3 Å². The molecule has 1 aliphatic heterocycles. The minimum Gasteiger partial charge on any atom is -0.454 e. The Kier molecular flexibility index (Phi) is 4.61. The largest absolute Gasteiger partial charge is 0.454 e. The van der Waals surface area contributed by atoms with E-state index in [1.54, 1.807) is 6.20 Å². The number of nitrogens with one attached hydrogen (secondary N) is 2. The first kappa shape index (κ1) is 16.9. The van der Waals surface area contributed by atoms with E-state index in [2.05, 4.69) is 15.6 Å². The molecule has 1 aromatic heterocycles. The Hall–Kier alpha value is -3.54. The third-order valence-electron chi connectivity index (χ3n) is 4.14. The Balaban J connectivity index is 1.36. The molecule has 2 N–H and O–H groups in total. The highest BCUT2D eigenvalue weighted by Gasteiger charge is 2.13. The molecule has 0 saturated carbocycles. The zero-order valence-electron chi connectivity index (χ0n) is 14.9. The molecule has 0 fully saturated rings. The number of aryl methyl sites for hydroxylation is 1. The number of amides is 1. The van der Waals surface area contributed by atoms with Gasteiger partial charge in [0.2, 0.25) is 12.7 Å². The van der Waals surface area contributed by atoms with E-state index in [1.165, 1.54) is 0 Å². The van der Waals surface area contributed by atoms with Crippen LogP contribution in [0.1, 0.15) is 11.1 Å². The zero-order chi connectivity index (χ0) is 18.6. The topological polar surface area (TPSA) is 72.5 Å². The van der Waals surface area contributed by atoms with Gasteiger partial charge in [-0.1, -0.05) is 29.8 Å². The molecule has 0 spiro atoms. The molecule has 0 saturated heterocycles. The zero-order valence-corrected chi connectivity index (χ0v) is 14.9. The third kappa shape index (κ3) is 4.17. The summed E-state index contributed by atoms with van der Waals surface area (Å²) in [5, 5.41) is 6.07. The summed E-state index contributed by atoms with van der Waals surface area (Å²) in [6.07, 6.45) is 1.96. The lowest BCUT2D eigenvalue weighted by Crippen LogP contribution is -2.14. The van der Waals surface area contributed by atoms with E-state index in [0.29, 0.717) is 23.7 Å². The molecular weight excluding hydrogens is 342 g/mol. The molecule has 1 aliphatic rings. The maximum absolute atomic E-state index is 12.2.